The van der Waals surface area contributed by atoms with Gasteiger partial charge in [-0.1, -0.05) is 12.1 Å². The number of rotatable bonds is 1. The standard InChI is InChI=1S/C16H20N2O3.ClH/c19-16(18-8-6-12-11(9-18)5-7-17-12)15-10-20-13-3-1-2-4-14(13)21-15;/h1-4,11-12,15,17H,5-10H2;1H. The van der Waals surface area contributed by atoms with E-state index in [-0.39, 0.29) is 18.3 Å². The van der Waals surface area contributed by atoms with Crippen molar-refractivity contribution in [2.24, 2.45) is 5.92 Å². The molecule has 0 aliphatic carbocycles. The van der Waals surface area contributed by atoms with Crippen molar-refractivity contribution in [1.29, 1.82) is 0 Å². The topological polar surface area (TPSA) is 50.8 Å². The van der Waals surface area contributed by atoms with Gasteiger partial charge in [-0.25, -0.2) is 0 Å². The fourth-order valence-corrected chi connectivity index (χ4v) is 3.59. The number of fused-ring (bicyclic) bond motifs is 2. The van der Waals surface area contributed by atoms with Gasteiger partial charge in [-0.2, -0.15) is 0 Å². The highest BCUT2D eigenvalue weighted by atomic mass is 35.5. The maximum Gasteiger partial charge on any atom is 0.267 e. The number of para-hydroxylation sites is 2. The van der Waals surface area contributed by atoms with Crippen LogP contribution in [0.5, 0.6) is 11.5 Å². The molecule has 2 saturated heterocycles. The maximum atomic E-state index is 12.7. The number of amides is 1. The first-order valence-corrected chi connectivity index (χ1v) is 7.72. The summed E-state index contributed by atoms with van der Waals surface area (Å²) in [5.74, 6) is 2.05. The van der Waals surface area contributed by atoms with Gasteiger partial charge in [0.25, 0.3) is 5.91 Å². The zero-order valence-corrected chi connectivity index (χ0v) is 13.2. The molecule has 0 bridgehead atoms. The van der Waals surface area contributed by atoms with Crippen molar-refractivity contribution in [3.05, 3.63) is 24.3 Å². The molecule has 1 N–H and O–H groups in total. The molecular formula is C16H21ClN2O3. The summed E-state index contributed by atoms with van der Waals surface area (Å²) >= 11 is 0. The number of hydrogen-bond donors (Lipinski definition) is 1. The van der Waals surface area contributed by atoms with E-state index < -0.39 is 6.10 Å². The van der Waals surface area contributed by atoms with Crippen molar-refractivity contribution >= 4 is 18.3 Å². The number of hydrogen-bond acceptors (Lipinski definition) is 4. The van der Waals surface area contributed by atoms with Crippen LogP contribution in [0.15, 0.2) is 24.3 Å². The Hall–Kier alpha value is -1.46. The number of likely N-dealkylation sites (tertiary alicyclic amines) is 1. The Balaban J connectivity index is 0.00000144. The molecule has 5 nitrogen and oxygen atoms in total. The molecule has 1 aromatic rings. The molecule has 3 unspecified atom stereocenters. The third kappa shape index (κ3) is 2.75. The van der Waals surface area contributed by atoms with Crippen LogP contribution in [0.1, 0.15) is 12.8 Å². The molecule has 3 atom stereocenters. The molecule has 6 heteroatoms. The van der Waals surface area contributed by atoms with Gasteiger partial charge in [-0.05, 0) is 37.4 Å². The molecule has 4 rings (SSSR count). The molecule has 2 fully saturated rings. The van der Waals surface area contributed by atoms with E-state index in [0.717, 1.165) is 31.8 Å². The Morgan fingerprint density at radius 3 is 2.91 bits per heavy atom. The fourth-order valence-electron chi connectivity index (χ4n) is 3.59. The lowest BCUT2D eigenvalue weighted by molar-refractivity contribution is -0.143. The van der Waals surface area contributed by atoms with E-state index in [2.05, 4.69) is 5.32 Å². The molecule has 22 heavy (non-hydrogen) atoms. The first-order chi connectivity index (χ1) is 10.3. The number of nitrogens with zero attached hydrogens (tertiary/aromatic N) is 1. The predicted molar refractivity (Wildman–Crippen MR) is 84.7 cm³/mol. The zero-order valence-electron chi connectivity index (χ0n) is 12.4. The van der Waals surface area contributed by atoms with Gasteiger partial charge in [0.15, 0.2) is 11.5 Å². The molecule has 1 aromatic carbocycles. The third-order valence-corrected chi connectivity index (χ3v) is 4.75. The van der Waals surface area contributed by atoms with Gasteiger partial charge >= 0.3 is 0 Å². The highest BCUT2D eigenvalue weighted by Gasteiger charge is 2.38. The Bertz CT molecular complexity index is 554. The summed E-state index contributed by atoms with van der Waals surface area (Å²) in [6, 6.07) is 8.11. The summed E-state index contributed by atoms with van der Waals surface area (Å²) in [5, 5.41) is 3.52. The maximum absolute atomic E-state index is 12.7. The van der Waals surface area contributed by atoms with Crippen molar-refractivity contribution in [2.45, 2.75) is 25.0 Å². The van der Waals surface area contributed by atoms with Crippen LogP contribution >= 0.6 is 12.4 Å². The molecule has 3 heterocycles. The lowest BCUT2D eigenvalue weighted by Crippen LogP contribution is -2.52. The SMILES string of the molecule is Cl.O=C(C1COc2ccccc2O1)N1CCC2NCCC2C1. The van der Waals surface area contributed by atoms with Crippen LogP contribution in [0, 0.1) is 5.92 Å². The third-order valence-electron chi connectivity index (χ3n) is 4.75. The Kier molecular flexibility index (Phi) is 4.45. The Morgan fingerprint density at radius 1 is 1.23 bits per heavy atom. The van der Waals surface area contributed by atoms with Crippen LogP contribution in [0.2, 0.25) is 0 Å². The van der Waals surface area contributed by atoms with Crippen molar-refractivity contribution < 1.29 is 14.3 Å². The normalized spacial score (nSPS) is 29.5. The minimum absolute atomic E-state index is 0. The van der Waals surface area contributed by atoms with Gasteiger partial charge in [0.05, 0.1) is 0 Å². The van der Waals surface area contributed by atoms with Gasteiger partial charge < -0.3 is 19.7 Å². The minimum Gasteiger partial charge on any atom is -0.485 e. The summed E-state index contributed by atoms with van der Waals surface area (Å²) in [6.07, 6.45) is 1.70. The number of benzene rings is 1. The first-order valence-electron chi connectivity index (χ1n) is 7.72. The second kappa shape index (κ2) is 6.34. The van der Waals surface area contributed by atoms with Gasteiger partial charge in [-0.15, -0.1) is 12.4 Å². The van der Waals surface area contributed by atoms with E-state index in [1.165, 1.54) is 6.42 Å². The van der Waals surface area contributed by atoms with Crippen LogP contribution < -0.4 is 14.8 Å². The van der Waals surface area contributed by atoms with Crippen LogP contribution in [-0.2, 0) is 4.79 Å². The molecule has 0 saturated carbocycles. The smallest absolute Gasteiger partial charge is 0.267 e. The van der Waals surface area contributed by atoms with Crippen molar-refractivity contribution in [3.8, 4) is 11.5 Å². The zero-order chi connectivity index (χ0) is 14.2. The summed E-state index contributed by atoms with van der Waals surface area (Å²) < 4.78 is 11.5. The van der Waals surface area contributed by atoms with E-state index >= 15 is 0 Å². The average Bonchev–Trinajstić information content (AvgIpc) is 3.01. The number of ether oxygens (including phenoxy) is 2. The van der Waals surface area contributed by atoms with E-state index in [0.29, 0.717) is 24.3 Å². The quantitative estimate of drug-likeness (QED) is 0.849. The summed E-state index contributed by atoms with van der Waals surface area (Å²) in [4.78, 5) is 14.6. The molecule has 120 valence electrons. The number of nitrogens with one attached hydrogen (secondary N) is 1. The number of piperidine rings is 1. The summed E-state index contributed by atoms with van der Waals surface area (Å²) in [5.41, 5.74) is 0. The highest BCUT2D eigenvalue weighted by Crippen LogP contribution is 2.32. The number of carbonyl (C=O) groups excluding carboxylic acids is 1. The molecule has 3 aliphatic heterocycles. The molecule has 0 spiro atoms. The lowest BCUT2D eigenvalue weighted by Gasteiger charge is -2.37. The largest absolute Gasteiger partial charge is 0.485 e. The summed E-state index contributed by atoms with van der Waals surface area (Å²) in [6.45, 7) is 3.04. The van der Waals surface area contributed by atoms with Crippen molar-refractivity contribution in [1.82, 2.24) is 10.2 Å². The van der Waals surface area contributed by atoms with Gasteiger partial charge in [0.1, 0.15) is 6.61 Å². The molecular weight excluding hydrogens is 304 g/mol. The second-order valence-electron chi connectivity index (χ2n) is 6.05. The van der Waals surface area contributed by atoms with Gasteiger partial charge in [0, 0.05) is 19.1 Å². The van der Waals surface area contributed by atoms with Crippen LogP contribution in [0.4, 0.5) is 0 Å². The lowest BCUT2D eigenvalue weighted by atomic mass is 9.93. The average molecular weight is 325 g/mol. The summed E-state index contributed by atoms with van der Waals surface area (Å²) in [7, 11) is 0. The monoisotopic (exact) mass is 324 g/mol. The van der Waals surface area contributed by atoms with Gasteiger partial charge in [0.2, 0.25) is 6.10 Å². The number of halogens is 1. The molecule has 0 aromatic heterocycles. The van der Waals surface area contributed by atoms with E-state index in [4.69, 9.17) is 9.47 Å². The molecule has 3 aliphatic rings. The number of carbonyl (C=O) groups is 1. The molecule has 1 amide bonds. The van der Waals surface area contributed by atoms with Crippen molar-refractivity contribution in [2.75, 3.05) is 26.2 Å². The minimum atomic E-state index is -0.509. The van der Waals surface area contributed by atoms with E-state index in [9.17, 15) is 4.79 Å². The van der Waals surface area contributed by atoms with E-state index in [1.807, 2.05) is 29.2 Å². The van der Waals surface area contributed by atoms with Crippen LogP contribution in [-0.4, -0.2) is 49.2 Å². The van der Waals surface area contributed by atoms with E-state index in [1.54, 1.807) is 0 Å². The highest BCUT2D eigenvalue weighted by molar-refractivity contribution is 5.85. The predicted octanol–water partition coefficient (Wildman–Crippen LogP) is 1.46. The van der Waals surface area contributed by atoms with Gasteiger partial charge in [-0.3, -0.25) is 4.79 Å². The Labute approximate surface area is 136 Å². The van der Waals surface area contributed by atoms with Crippen LogP contribution in [0.25, 0.3) is 0 Å². The van der Waals surface area contributed by atoms with Crippen molar-refractivity contribution in [3.63, 3.8) is 0 Å². The first kappa shape index (κ1) is 15.4. The second-order valence-corrected chi connectivity index (χ2v) is 6.05. The molecule has 0 radical (unpaired) electrons. The van der Waals surface area contributed by atoms with Crippen LogP contribution in [0.3, 0.4) is 0 Å². The Morgan fingerprint density at radius 2 is 2.05 bits per heavy atom. The fraction of sp³-hybridized carbons (Fsp3) is 0.562.